The molecule has 0 aromatic heterocycles. The van der Waals surface area contributed by atoms with Crippen LogP contribution in [-0.2, 0) is 10.0 Å². The van der Waals surface area contributed by atoms with E-state index in [4.69, 9.17) is 5.14 Å². The number of primary sulfonamides is 1. The largest absolute Gasteiger partial charge is 0.349 e. The van der Waals surface area contributed by atoms with Gasteiger partial charge in [-0.15, -0.1) is 0 Å². The highest BCUT2D eigenvalue weighted by Crippen LogP contribution is 2.19. The summed E-state index contributed by atoms with van der Waals surface area (Å²) in [7, 11) is -4.45. The fourth-order valence-electron chi connectivity index (χ4n) is 1.74. The number of hydrogen-bond acceptors (Lipinski definition) is 3. The number of carbonyl (C=O) groups excluding carboxylic acids is 1. The first-order chi connectivity index (χ1) is 9.16. The van der Waals surface area contributed by atoms with Crippen LogP contribution in [0, 0.1) is 11.6 Å². The van der Waals surface area contributed by atoms with E-state index in [1.165, 1.54) is 0 Å². The maximum atomic E-state index is 13.9. The molecule has 0 fully saturated rings. The van der Waals surface area contributed by atoms with Gasteiger partial charge in [-0.25, -0.2) is 22.3 Å². The third-order valence-electron chi connectivity index (χ3n) is 2.65. The molecule has 8 heteroatoms. The Morgan fingerprint density at radius 2 is 2.00 bits per heavy atom. The molecule has 0 heterocycles. The summed E-state index contributed by atoms with van der Waals surface area (Å²) in [6, 6.07) is 0.836. The van der Waals surface area contributed by atoms with Crippen LogP contribution in [0.2, 0.25) is 0 Å². The molecule has 0 radical (unpaired) electrons. The van der Waals surface area contributed by atoms with Crippen LogP contribution in [0.5, 0.6) is 0 Å². The first kappa shape index (κ1) is 16.5. The van der Waals surface area contributed by atoms with Crippen molar-refractivity contribution in [3.8, 4) is 0 Å². The maximum Gasteiger partial charge on any atom is 0.254 e. The van der Waals surface area contributed by atoms with Crippen molar-refractivity contribution in [2.45, 2.75) is 37.6 Å². The first-order valence-electron chi connectivity index (χ1n) is 5.99. The molecule has 0 aliphatic rings. The lowest BCUT2D eigenvalue weighted by atomic mass is 10.1. The van der Waals surface area contributed by atoms with Crippen molar-refractivity contribution in [1.29, 1.82) is 0 Å². The van der Waals surface area contributed by atoms with Crippen molar-refractivity contribution in [3.05, 3.63) is 29.3 Å². The average molecular weight is 306 g/mol. The molecule has 20 heavy (non-hydrogen) atoms. The summed E-state index contributed by atoms with van der Waals surface area (Å²) in [6.07, 6.45) is 1.46. The zero-order valence-electron chi connectivity index (χ0n) is 11.1. The van der Waals surface area contributed by atoms with Crippen molar-refractivity contribution in [1.82, 2.24) is 5.32 Å². The lowest BCUT2D eigenvalue weighted by Gasteiger charge is -2.14. The van der Waals surface area contributed by atoms with Crippen molar-refractivity contribution in [2.75, 3.05) is 0 Å². The van der Waals surface area contributed by atoms with Crippen LogP contribution in [0.15, 0.2) is 17.0 Å². The predicted molar refractivity (Wildman–Crippen MR) is 69.6 cm³/mol. The van der Waals surface area contributed by atoms with Crippen molar-refractivity contribution < 1.29 is 22.0 Å². The summed E-state index contributed by atoms with van der Waals surface area (Å²) < 4.78 is 49.6. The van der Waals surface area contributed by atoms with Crippen LogP contribution in [0.4, 0.5) is 8.78 Å². The van der Waals surface area contributed by atoms with Gasteiger partial charge in [-0.1, -0.05) is 13.3 Å². The third kappa shape index (κ3) is 3.97. The number of nitrogens with two attached hydrogens (primary N) is 1. The van der Waals surface area contributed by atoms with Crippen molar-refractivity contribution in [2.24, 2.45) is 5.14 Å². The highest BCUT2D eigenvalue weighted by molar-refractivity contribution is 7.89. The molecule has 0 spiro atoms. The summed E-state index contributed by atoms with van der Waals surface area (Å²) in [5.41, 5.74) is -0.683. The second-order valence-corrected chi connectivity index (χ2v) is 6.00. The van der Waals surface area contributed by atoms with E-state index >= 15 is 0 Å². The van der Waals surface area contributed by atoms with E-state index in [2.05, 4.69) is 5.32 Å². The molecule has 1 amide bonds. The van der Waals surface area contributed by atoms with Crippen LogP contribution >= 0.6 is 0 Å². The molecule has 0 bridgehead atoms. The standard InChI is InChI=1S/C12H16F2N2O3S/c1-3-4-7(2)16-12(17)9-5-8(13)6-10(11(9)14)20(15,18)19/h5-7H,3-4H2,1-2H3,(H,16,17)(H2,15,18,19). The summed E-state index contributed by atoms with van der Waals surface area (Å²) in [5, 5.41) is 7.24. The van der Waals surface area contributed by atoms with Gasteiger partial charge in [0.2, 0.25) is 10.0 Å². The van der Waals surface area contributed by atoms with E-state index in [9.17, 15) is 22.0 Å². The van der Waals surface area contributed by atoms with Gasteiger partial charge in [-0.3, -0.25) is 4.79 Å². The lowest BCUT2D eigenvalue weighted by Crippen LogP contribution is -2.33. The Bertz CT molecular complexity index is 617. The van der Waals surface area contributed by atoms with Crippen LogP contribution in [0.25, 0.3) is 0 Å². The second kappa shape index (κ2) is 6.27. The SMILES string of the molecule is CCCC(C)NC(=O)c1cc(F)cc(S(N)(=O)=O)c1F. The molecule has 1 aromatic carbocycles. The number of amides is 1. The minimum atomic E-state index is -4.45. The van der Waals surface area contributed by atoms with Gasteiger partial charge in [-0.2, -0.15) is 0 Å². The van der Waals surface area contributed by atoms with E-state index in [1.807, 2.05) is 6.92 Å². The fraction of sp³-hybridized carbons (Fsp3) is 0.417. The first-order valence-corrected chi connectivity index (χ1v) is 7.54. The molecule has 3 N–H and O–H groups in total. The predicted octanol–water partition coefficient (Wildman–Crippen LogP) is 1.53. The smallest absolute Gasteiger partial charge is 0.254 e. The Labute approximate surface area is 116 Å². The zero-order valence-corrected chi connectivity index (χ0v) is 11.9. The van der Waals surface area contributed by atoms with Crippen LogP contribution in [0.3, 0.4) is 0 Å². The van der Waals surface area contributed by atoms with Crippen LogP contribution in [-0.4, -0.2) is 20.4 Å². The Balaban J connectivity index is 3.19. The third-order valence-corrected chi connectivity index (χ3v) is 3.56. The highest BCUT2D eigenvalue weighted by atomic mass is 32.2. The maximum absolute atomic E-state index is 13.9. The fourth-order valence-corrected chi connectivity index (χ4v) is 2.38. The number of carbonyl (C=O) groups is 1. The summed E-state index contributed by atoms with van der Waals surface area (Å²) in [4.78, 5) is 10.8. The normalized spacial score (nSPS) is 13.1. The molecule has 1 rings (SSSR count). The van der Waals surface area contributed by atoms with E-state index < -0.39 is 38.0 Å². The van der Waals surface area contributed by atoms with Crippen molar-refractivity contribution in [3.63, 3.8) is 0 Å². The number of nitrogens with one attached hydrogen (secondary N) is 1. The summed E-state index contributed by atoms with van der Waals surface area (Å²) in [6.45, 7) is 3.61. The summed E-state index contributed by atoms with van der Waals surface area (Å²) in [5.74, 6) is -3.29. The Hall–Kier alpha value is -1.54. The molecule has 1 unspecified atom stereocenters. The Morgan fingerprint density at radius 3 is 2.50 bits per heavy atom. The number of sulfonamides is 1. The van der Waals surface area contributed by atoms with Gasteiger partial charge in [0, 0.05) is 6.04 Å². The average Bonchev–Trinajstić information content (AvgIpc) is 2.30. The van der Waals surface area contributed by atoms with E-state index in [1.54, 1.807) is 6.92 Å². The molecule has 1 aromatic rings. The van der Waals surface area contributed by atoms with Gasteiger partial charge in [-0.05, 0) is 25.5 Å². The molecule has 5 nitrogen and oxygen atoms in total. The molecule has 0 aliphatic carbocycles. The van der Waals surface area contributed by atoms with Gasteiger partial charge in [0.05, 0.1) is 5.56 Å². The monoisotopic (exact) mass is 306 g/mol. The van der Waals surface area contributed by atoms with Gasteiger partial charge >= 0.3 is 0 Å². The van der Waals surface area contributed by atoms with Gasteiger partial charge in [0.15, 0.2) is 5.82 Å². The Kier molecular flexibility index (Phi) is 5.18. The van der Waals surface area contributed by atoms with Crippen LogP contribution < -0.4 is 10.5 Å². The Morgan fingerprint density at radius 1 is 1.40 bits per heavy atom. The van der Waals surface area contributed by atoms with Crippen molar-refractivity contribution >= 4 is 15.9 Å². The number of halogens is 2. The van der Waals surface area contributed by atoms with E-state index in [-0.39, 0.29) is 6.04 Å². The van der Waals surface area contributed by atoms with Crippen LogP contribution in [0.1, 0.15) is 37.0 Å². The minimum Gasteiger partial charge on any atom is -0.349 e. The molecule has 0 aliphatic heterocycles. The molecule has 0 saturated carbocycles. The zero-order chi connectivity index (χ0) is 15.5. The number of rotatable bonds is 5. The minimum absolute atomic E-state index is 0.242. The molecule has 0 saturated heterocycles. The molecule has 1 atom stereocenters. The second-order valence-electron chi connectivity index (χ2n) is 4.47. The molecular formula is C12H16F2N2O3S. The molecule has 112 valence electrons. The highest BCUT2D eigenvalue weighted by Gasteiger charge is 2.23. The quantitative estimate of drug-likeness (QED) is 0.864. The summed E-state index contributed by atoms with van der Waals surface area (Å²) >= 11 is 0. The topological polar surface area (TPSA) is 89.3 Å². The number of hydrogen-bond donors (Lipinski definition) is 2. The van der Waals surface area contributed by atoms with Gasteiger partial charge < -0.3 is 5.32 Å². The van der Waals surface area contributed by atoms with E-state index in [0.717, 1.165) is 6.42 Å². The van der Waals surface area contributed by atoms with E-state index in [0.29, 0.717) is 18.6 Å². The van der Waals surface area contributed by atoms with Gasteiger partial charge in [0.25, 0.3) is 5.91 Å². The molecular weight excluding hydrogens is 290 g/mol. The van der Waals surface area contributed by atoms with Gasteiger partial charge in [0.1, 0.15) is 10.7 Å². The number of benzene rings is 1. The lowest BCUT2D eigenvalue weighted by molar-refractivity contribution is 0.0933.